The van der Waals surface area contributed by atoms with Crippen LogP contribution in [0.3, 0.4) is 0 Å². The average molecular weight is 947 g/mol. The Morgan fingerprint density at radius 2 is 1.03 bits per heavy atom. The molecule has 2 aromatic heterocycles. The summed E-state index contributed by atoms with van der Waals surface area (Å²) < 4.78 is 9.54. The van der Waals surface area contributed by atoms with Crippen molar-refractivity contribution in [2.75, 3.05) is 9.80 Å². The lowest BCUT2D eigenvalue weighted by molar-refractivity contribution is 0.669. The van der Waals surface area contributed by atoms with Crippen molar-refractivity contribution in [2.45, 2.75) is 12.3 Å². The molecule has 0 radical (unpaired) electrons. The molecule has 1 unspecified atom stereocenters. The van der Waals surface area contributed by atoms with E-state index in [2.05, 4.69) is 264 Å². The first-order chi connectivity index (χ1) is 36.5. The van der Waals surface area contributed by atoms with Gasteiger partial charge in [-0.1, -0.05) is 152 Å². The van der Waals surface area contributed by atoms with E-state index in [-0.39, 0.29) is 5.41 Å². The van der Waals surface area contributed by atoms with Crippen molar-refractivity contribution < 1.29 is 4.42 Å². The lowest BCUT2D eigenvalue weighted by atomic mass is 9.74. The number of hydrogen-bond donors (Lipinski definition) is 0. The van der Waals surface area contributed by atoms with E-state index in [1.165, 1.54) is 33.2 Å². The van der Waals surface area contributed by atoms with Gasteiger partial charge in [0, 0.05) is 61.1 Å². The van der Waals surface area contributed by atoms with Crippen molar-refractivity contribution in [1.82, 2.24) is 4.57 Å². The average Bonchev–Trinajstić information content (AvgIpc) is 4.10. The van der Waals surface area contributed by atoms with Crippen LogP contribution in [0.15, 0.2) is 265 Å². The van der Waals surface area contributed by atoms with Crippen molar-refractivity contribution in [3.63, 3.8) is 0 Å². The highest BCUT2D eigenvalue weighted by atomic mass is 16.3. The van der Waals surface area contributed by atoms with Crippen LogP contribution in [-0.4, -0.2) is 4.57 Å². The normalized spacial score (nSPS) is 13.8. The molecule has 1 atom stereocenters. The Morgan fingerprint density at radius 3 is 1.81 bits per heavy atom. The number of nitrogens with zero attached hydrogens (tertiary/aromatic N) is 4. The molecule has 11 aromatic carbocycles. The Labute approximate surface area is 429 Å². The van der Waals surface area contributed by atoms with E-state index in [1.807, 2.05) is 24.3 Å². The van der Waals surface area contributed by atoms with Gasteiger partial charge in [-0.25, -0.2) is 0 Å². The molecule has 1 aliphatic carbocycles. The van der Waals surface area contributed by atoms with Gasteiger partial charge in [0.05, 0.1) is 28.4 Å². The van der Waals surface area contributed by atoms with Gasteiger partial charge in [0.1, 0.15) is 5.58 Å². The van der Waals surface area contributed by atoms with Gasteiger partial charge in [-0.15, -0.1) is 0 Å². The molecule has 0 amide bonds. The summed E-state index contributed by atoms with van der Waals surface area (Å²) in [7, 11) is 0. The van der Waals surface area contributed by atoms with Crippen LogP contribution in [0.25, 0.3) is 71.7 Å². The number of benzene rings is 11. The molecule has 2 heterocycles. The molecule has 0 N–H and O–H groups in total. The van der Waals surface area contributed by atoms with Crippen molar-refractivity contribution in [3.8, 4) is 34.0 Å². The summed E-state index contributed by atoms with van der Waals surface area (Å²) in [5.74, 6) is 0. The zero-order chi connectivity index (χ0) is 49.3. The Bertz CT molecular complexity index is 4340. The van der Waals surface area contributed by atoms with Crippen LogP contribution in [0.4, 0.5) is 34.1 Å². The largest absolute Gasteiger partial charge is 0.454 e. The minimum atomic E-state index is -0.283. The quantitative estimate of drug-likeness (QED) is 0.145. The lowest BCUT2D eigenvalue weighted by Gasteiger charge is -2.29. The smallest absolute Gasteiger partial charge is 0.159 e. The molecular formula is C69H46N4O. The van der Waals surface area contributed by atoms with Gasteiger partial charge in [-0.2, -0.15) is 5.26 Å². The minimum Gasteiger partial charge on any atom is -0.454 e. The molecule has 348 valence electrons. The standard InChI is InChI=1S/C69H46N4O/c1-69(49-20-6-2-7-21-49)62-31-16-14-29-56(62)58-40-47(33-36-63(58)69)48-34-38-67-60(41-48)61-43-55(71(50-22-8-3-9-23-50)53-28-18-19-46(39-53)45-70)44-66(68(61)74-67)72(51-24-10-4-11-25-51)54-35-37-65-59(42-54)57-30-15-17-32-64(57)73(65)52-26-12-5-13-27-52/h2-44H,1H3. The number of rotatable bonds is 9. The second-order valence-corrected chi connectivity index (χ2v) is 19.3. The van der Waals surface area contributed by atoms with Gasteiger partial charge < -0.3 is 18.8 Å². The van der Waals surface area contributed by atoms with Gasteiger partial charge in [-0.05, 0) is 155 Å². The second-order valence-electron chi connectivity index (χ2n) is 19.3. The number of furan rings is 1. The van der Waals surface area contributed by atoms with Crippen LogP contribution in [0.5, 0.6) is 0 Å². The molecule has 0 saturated carbocycles. The third-order valence-electron chi connectivity index (χ3n) is 15.2. The van der Waals surface area contributed by atoms with E-state index in [1.54, 1.807) is 0 Å². The molecule has 5 nitrogen and oxygen atoms in total. The van der Waals surface area contributed by atoms with E-state index in [0.717, 1.165) is 89.3 Å². The Kier molecular flexibility index (Phi) is 9.96. The maximum absolute atomic E-state index is 10.2. The molecule has 1 aliphatic rings. The van der Waals surface area contributed by atoms with Crippen molar-refractivity contribution in [1.29, 1.82) is 5.26 Å². The number of para-hydroxylation sites is 4. The molecule has 0 bridgehead atoms. The molecule has 0 spiro atoms. The maximum atomic E-state index is 10.2. The van der Waals surface area contributed by atoms with Crippen molar-refractivity contribution >= 4 is 77.9 Å². The number of anilines is 6. The first-order valence-electron chi connectivity index (χ1n) is 25.1. The summed E-state index contributed by atoms with van der Waals surface area (Å²) in [6, 6.07) is 95.1. The predicted molar refractivity (Wildman–Crippen MR) is 305 cm³/mol. The molecule has 0 fully saturated rings. The van der Waals surface area contributed by atoms with Crippen LogP contribution in [0.1, 0.15) is 29.2 Å². The van der Waals surface area contributed by atoms with Gasteiger partial charge >= 0.3 is 0 Å². The topological polar surface area (TPSA) is 48.3 Å². The SMILES string of the molecule is CC1(c2ccccc2)c2ccccc2-c2cc(-c3ccc4oc5c(N(c6ccccc6)c6ccc7c(c6)c6ccccc6n7-c6ccccc6)cc(N(c6ccccc6)c6cccc(C#N)c6)cc5c4c3)ccc21. The van der Waals surface area contributed by atoms with Crippen LogP contribution in [0.2, 0.25) is 0 Å². The molecule has 13 aromatic rings. The van der Waals surface area contributed by atoms with Crippen molar-refractivity contribution in [3.05, 3.63) is 283 Å². The fourth-order valence-electron chi connectivity index (χ4n) is 11.8. The predicted octanol–water partition coefficient (Wildman–Crippen LogP) is 18.5. The Hall–Kier alpha value is -9.89. The number of fused-ring (bicyclic) bond motifs is 9. The summed E-state index contributed by atoms with van der Waals surface area (Å²) >= 11 is 0. The molecule has 0 aliphatic heterocycles. The van der Waals surface area contributed by atoms with Crippen LogP contribution in [-0.2, 0) is 5.41 Å². The third kappa shape index (κ3) is 6.77. The molecule has 0 saturated heterocycles. The number of aromatic nitrogens is 1. The fourth-order valence-corrected chi connectivity index (χ4v) is 11.8. The first-order valence-corrected chi connectivity index (χ1v) is 25.1. The molecule has 5 heteroatoms. The summed E-state index contributed by atoms with van der Waals surface area (Å²) in [6.07, 6.45) is 0. The summed E-state index contributed by atoms with van der Waals surface area (Å²) in [6.45, 7) is 2.36. The molecule has 74 heavy (non-hydrogen) atoms. The fraction of sp³-hybridized carbons (Fsp3) is 0.0290. The lowest BCUT2D eigenvalue weighted by Crippen LogP contribution is -2.22. The highest BCUT2D eigenvalue weighted by Gasteiger charge is 2.40. The zero-order valence-corrected chi connectivity index (χ0v) is 40.5. The highest BCUT2D eigenvalue weighted by Crippen LogP contribution is 2.54. The van der Waals surface area contributed by atoms with Gasteiger partial charge in [0.2, 0.25) is 0 Å². The van der Waals surface area contributed by atoms with E-state index >= 15 is 0 Å². The summed E-state index contributed by atoms with van der Waals surface area (Å²) in [5.41, 5.74) is 19.5. The minimum absolute atomic E-state index is 0.283. The third-order valence-corrected chi connectivity index (χ3v) is 15.2. The highest BCUT2D eigenvalue weighted by molar-refractivity contribution is 6.15. The van der Waals surface area contributed by atoms with Crippen LogP contribution >= 0.6 is 0 Å². The van der Waals surface area contributed by atoms with Gasteiger partial charge in [0.15, 0.2) is 5.58 Å². The monoisotopic (exact) mass is 946 g/mol. The summed E-state index contributed by atoms with van der Waals surface area (Å²) in [5, 5.41) is 14.5. The van der Waals surface area contributed by atoms with Crippen LogP contribution < -0.4 is 9.80 Å². The zero-order valence-electron chi connectivity index (χ0n) is 40.5. The summed E-state index contributed by atoms with van der Waals surface area (Å²) in [4.78, 5) is 4.58. The van der Waals surface area contributed by atoms with E-state index in [0.29, 0.717) is 5.56 Å². The maximum Gasteiger partial charge on any atom is 0.159 e. The van der Waals surface area contributed by atoms with Gasteiger partial charge in [-0.3, -0.25) is 0 Å². The van der Waals surface area contributed by atoms with E-state index in [9.17, 15) is 5.26 Å². The first kappa shape index (κ1) is 42.9. The van der Waals surface area contributed by atoms with E-state index in [4.69, 9.17) is 4.42 Å². The van der Waals surface area contributed by atoms with Crippen LogP contribution in [0, 0.1) is 11.3 Å². The number of hydrogen-bond acceptors (Lipinski definition) is 4. The van der Waals surface area contributed by atoms with Crippen molar-refractivity contribution in [2.24, 2.45) is 0 Å². The van der Waals surface area contributed by atoms with Gasteiger partial charge in [0.25, 0.3) is 0 Å². The molecular weight excluding hydrogens is 901 g/mol. The second kappa shape index (κ2) is 17.2. The Morgan fingerprint density at radius 1 is 0.419 bits per heavy atom. The Balaban J connectivity index is 1.02. The number of nitriles is 1. The van der Waals surface area contributed by atoms with E-state index < -0.39 is 0 Å². The molecule has 14 rings (SSSR count).